The molecule has 1 heterocycles. The summed E-state index contributed by atoms with van der Waals surface area (Å²) in [7, 11) is 2.05. The summed E-state index contributed by atoms with van der Waals surface area (Å²) in [6, 6.07) is 0.287. The van der Waals surface area contributed by atoms with E-state index < -0.39 is 0 Å². The molecule has 1 rings (SSSR count). The summed E-state index contributed by atoms with van der Waals surface area (Å²) >= 11 is 0. The van der Waals surface area contributed by atoms with Crippen molar-refractivity contribution >= 4 is 5.91 Å². The number of piperidine rings is 1. The Hall–Kier alpha value is -0.610. The lowest BCUT2D eigenvalue weighted by atomic mass is 9.99. The molecule has 0 aliphatic carbocycles. The van der Waals surface area contributed by atoms with Crippen LogP contribution < -0.4 is 10.6 Å². The van der Waals surface area contributed by atoms with Crippen molar-refractivity contribution < 1.29 is 4.79 Å². The van der Waals surface area contributed by atoms with Gasteiger partial charge in [-0.15, -0.1) is 0 Å². The van der Waals surface area contributed by atoms with Crippen molar-refractivity contribution in [3.8, 4) is 0 Å². The number of carbonyl (C=O) groups excluding carboxylic acids is 1. The van der Waals surface area contributed by atoms with Gasteiger partial charge in [0.05, 0.1) is 6.54 Å². The van der Waals surface area contributed by atoms with Crippen LogP contribution in [0.2, 0.25) is 0 Å². The smallest absolute Gasteiger partial charge is 0.234 e. The van der Waals surface area contributed by atoms with Gasteiger partial charge in [-0.1, -0.05) is 13.8 Å². The average Bonchev–Trinajstić information content (AvgIpc) is 2.37. The van der Waals surface area contributed by atoms with Crippen LogP contribution in [0.3, 0.4) is 0 Å². The summed E-state index contributed by atoms with van der Waals surface area (Å²) in [5.74, 6) is 1.56. The maximum absolute atomic E-state index is 12.0. The van der Waals surface area contributed by atoms with Crippen LogP contribution >= 0.6 is 0 Å². The van der Waals surface area contributed by atoms with Crippen molar-refractivity contribution in [3.63, 3.8) is 0 Å². The number of nitrogens with one attached hydrogen (secondary N) is 2. The van der Waals surface area contributed by atoms with E-state index in [9.17, 15) is 4.79 Å². The number of amides is 1. The van der Waals surface area contributed by atoms with Gasteiger partial charge >= 0.3 is 0 Å². The normalized spacial score (nSPS) is 21.2. The van der Waals surface area contributed by atoms with E-state index in [0.717, 1.165) is 26.1 Å². The molecular formula is C16H33N3O. The predicted octanol–water partition coefficient (Wildman–Crippen LogP) is 1.86. The summed E-state index contributed by atoms with van der Waals surface area (Å²) in [4.78, 5) is 14.1. The molecule has 1 saturated heterocycles. The van der Waals surface area contributed by atoms with Crippen LogP contribution in [0.15, 0.2) is 0 Å². The Morgan fingerprint density at radius 1 is 1.35 bits per heavy atom. The lowest BCUT2D eigenvalue weighted by molar-refractivity contribution is -0.122. The molecule has 2 N–H and O–H groups in total. The van der Waals surface area contributed by atoms with E-state index in [-0.39, 0.29) is 11.9 Å². The van der Waals surface area contributed by atoms with Crippen molar-refractivity contribution in [1.82, 2.24) is 15.5 Å². The maximum atomic E-state index is 12.0. The van der Waals surface area contributed by atoms with Gasteiger partial charge < -0.3 is 10.6 Å². The van der Waals surface area contributed by atoms with Crippen molar-refractivity contribution in [1.29, 1.82) is 0 Å². The monoisotopic (exact) mass is 283 g/mol. The van der Waals surface area contributed by atoms with Gasteiger partial charge in [0, 0.05) is 12.6 Å². The topological polar surface area (TPSA) is 44.4 Å². The molecule has 2 unspecified atom stereocenters. The molecule has 118 valence electrons. The van der Waals surface area contributed by atoms with Crippen molar-refractivity contribution in [2.45, 2.75) is 52.5 Å². The molecule has 1 fully saturated rings. The minimum Gasteiger partial charge on any atom is -0.353 e. The van der Waals surface area contributed by atoms with Gasteiger partial charge in [-0.3, -0.25) is 9.69 Å². The molecule has 4 nitrogen and oxygen atoms in total. The molecule has 0 bridgehead atoms. The fourth-order valence-electron chi connectivity index (χ4n) is 2.81. The zero-order chi connectivity index (χ0) is 15.0. The fraction of sp³-hybridized carbons (Fsp3) is 0.938. The molecule has 0 radical (unpaired) electrons. The molecule has 0 aromatic rings. The van der Waals surface area contributed by atoms with Crippen LogP contribution in [-0.2, 0) is 4.79 Å². The molecule has 0 aromatic heterocycles. The second kappa shape index (κ2) is 9.35. The summed E-state index contributed by atoms with van der Waals surface area (Å²) in [5, 5.41) is 6.53. The number of nitrogens with zero attached hydrogens (tertiary/aromatic N) is 1. The third-order valence-electron chi connectivity index (χ3n) is 3.97. The maximum Gasteiger partial charge on any atom is 0.234 e. The Balaban J connectivity index is 2.16. The summed E-state index contributed by atoms with van der Waals surface area (Å²) in [6.45, 7) is 10.3. The SMILES string of the molecule is CC(C)CCC(C)NC(=O)CN(C)CC1CCCNC1. The Morgan fingerprint density at radius 2 is 2.10 bits per heavy atom. The van der Waals surface area contributed by atoms with Gasteiger partial charge in [0.2, 0.25) is 5.91 Å². The van der Waals surface area contributed by atoms with Gasteiger partial charge in [-0.25, -0.2) is 0 Å². The van der Waals surface area contributed by atoms with Crippen LogP contribution in [0, 0.1) is 11.8 Å². The van der Waals surface area contributed by atoms with Gasteiger partial charge in [0.15, 0.2) is 0 Å². The number of likely N-dealkylation sites (N-methyl/N-ethyl adjacent to an activating group) is 1. The Kier molecular flexibility index (Phi) is 8.15. The van der Waals surface area contributed by atoms with Crippen LogP contribution in [0.5, 0.6) is 0 Å². The van der Waals surface area contributed by atoms with E-state index in [1.165, 1.54) is 19.3 Å². The highest BCUT2D eigenvalue weighted by Gasteiger charge is 2.17. The van der Waals surface area contributed by atoms with E-state index in [4.69, 9.17) is 0 Å². The van der Waals surface area contributed by atoms with Crippen LogP contribution in [-0.4, -0.2) is 50.1 Å². The fourth-order valence-corrected chi connectivity index (χ4v) is 2.81. The molecule has 20 heavy (non-hydrogen) atoms. The molecule has 1 amide bonds. The van der Waals surface area contributed by atoms with Crippen molar-refractivity contribution in [3.05, 3.63) is 0 Å². The number of carbonyl (C=O) groups is 1. The third-order valence-corrected chi connectivity index (χ3v) is 3.97. The molecule has 4 heteroatoms. The average molecular weight is 283 g/mol. The second-order valence-corrected chi connectivity index (χ2v) is 6.85. The summed E-state index contributed by atoms with van der Waals surface area (Å²) in [6.07, 6.45) is 4.78. The van der Waals surface area contributed by atoms with Gasteiger partial charge in [0.1, 0.15) is 0 Å². The molecule has 0 spiro atoms. The van der Waals surface area contributed by atoms with Crippen molar-refractivity contribution in [2.75, 3.05) is 33.2 Å². The molecular weight excluding hydrogens is 250 g/mol. The van der Waals surface area contributed by atoms with Crippen molar-refractivity contribution in [2.24, 2.45) is 11.8 Å². The first-order valence-electron chi connectivity index (χ1n) is 8.16. The van der Waals surface area contributed by atoms with E-state index in [2.05, 4.69) is 36.3 Å². The van der Waals surface area contributed by atoms with Crippen LogP contribution in [0.4, 0.5) is 0 Å². The van der Waals surface area contributed by atoms with Crippen LogP contribution in [0.1, 0.15) is 46.5 Å². The number of hydrogen-bond acceptors (Lipinski definition) is 3. The summed E-state index contributed by atoms with van der Waals surface area (Å²) in [5.41, 5.74) is 0. The zero-order valence-electron chi connectivity index (χ0n) is 13.7. The first-order chi connectivity index (χ1) is 9.47. The number of hydrogen-bond donors (Lipinski definition) is 2. The van der Waals surface area contributed by atoms with Gasteiger partial charge in [-0.05, 0) is 64.6 Å². The van der Waals surface area contributed by atoms with Gasteiger partial charge in [0.25, 0.3) is 0 Å². The first kappa shape index (κ1) is 17.4. The van der Waals surface area contributed by atoms with E-state index in [1.54, 1.807) is 0 Å². The standard InChI is InChI=1S/C16H33N3O/c1-13(2)7-8-14(3)18-16(20)12-19(4)11-15-6-5-9-17-10-15/h13-15,17H,5-12H2,1-4H3,(H,18,20). The third kappa shape index (κ3) is 7.85. The number of rotatable bonds is 8. The molecule has 1 aliphatic heterocycles. The minimum absolute atomic E-state index is 0.160. The van der Waals surface area contributed by atoms with Gasteiger partial charge in [-0.2, -0.15) is 0 Å². The highest BCUT2D eigenvalue weighted by Crippen LogP contribution is 2.11. The lowest BCUT2D eigenvalue weighted by Gasteiger charge is -2.27. The Morgan fingerprint density at radius 3 is 2.70 bits per heavy atom. The van der Waals surface area contributed by atoms with E-state index in [0.29, 0.717) is 18.4 Å². The Bertz CT molecular complexity index is 275. The highest BCUT2D eigenvalue weighted by atomic mass is 16.2. The molecule has 1 aliphatic rings. The Labute approximate surface area is 124 Å². The minimum atomic E-state index is 0.160. The largest absolute Gasteiger partial charge is 0.353 e. The van der Waals surface area contributed by atoms with Crippen LogP contribution in [0.25, 0.3) is 0 Å². The summed E-state index contributed by atoms with van der Waals surface area (Å²) < 4.78 is 0. The second-order valence-electron chi connectivity index (χ2n) is 6.85. The molecule has 2 atom stereocenters. The quantitative estimate of drug-likeness (QED) is 0.714. The van der Waals surface area contributed by atoms with E-state index in [1.807, 2.05) is 7.05 Å². The zero-order valence-corrected chi connectivity index (χ0v) is 13.7. The molecule has 0 aromatic carbocycles. The highest BCUT2D eigenvalue weighted by molar-refractivity contribution is 5.78. The van der Waals surface area contributed by atoms with E-state index >= 15 is 0 Å². The predicted molar refractivity (Wildman–Crippen MR) is 84.8 cm³/mol. The lowest BCUT2D eigenvalue weighted by Crippen LogP contribution is -2.43. The first-order valence-corrected chi connectivity index (χ1v) is 8.16. The molecule has 0 saturated carbocycles.